The molecule has 1 fully saturated rings. The average molecular weight is 292 g/mol. The molecule has 3 heteroatoms. The third-order valence-electron chi connectivity index (χ3n) is 3.80. The monoisotopic (exact) mass is 292 g/mol. The summed E-state index contributed by atoms with van der Waals surface area (Å²) < 4.78 is 17.8. The molecule has 0 aromatic heterocycles. The number of allylic oxidation sites excluding steroid dienone is 1. The molecule has 1 saturated heterocycles. The molecule has 1 aromatic rings. The maximum Gasteiger partial charge on any atom is 0.0892 e. The van der Waals surface area contributed by atoms with E-state index in [-0.39, 0.29) is 5.60 Å². The van der Waals surface area contributed by atoms with E-state index in [4.69, 9.17) is 4.74 Å². The number of hydrogen-bond acceptors (Lipinski definition) is 2. The molecule has 2 unspecified atom stereocenters. The predicted octanol–water partition coefficient (Wildman–Crippen LogP) is 4.01. The number of hydrogen-bond donors (Lipinski definition) is 0. The van der Waals surface area contributed by atoms with Gasteiger partial charge in [-0.1, -0.05) is 23.8 Å². The van der Waals surface area contributed by atoms with Gasteiger partial charge >= 0.3 is 0 Å². The molecule has 1 aromatic carbocycles. The second kappa shape index (κ2) is 6.23. The summed E-state index contributed by atoms with van der Waals surface area (Å²) in [5, 5.41) is 0. The Morgan fingerprint density at radius 1 is 1.45 bits per heavy atom. The Balaban J connectivity index is 1.81. The fraction of sp³-hybridized carbons (Fsp3) is 0.529. The Kier molecular flexibility index (Phi) is 4.82. The van der Waals surface area contributed by atoms with E-state index >= 15 is 0 Å². The maximum absolute atomic E-state index is 12.2. The Morgan fingerprint density at radius 2 is 2.15 bits per heavy atom. The first-order chi connectivity index (χ1) is 9.38. The highest BCUT2D eigenvalue weighted by atomic mass is 32.2. The van der Waals surface area contributed by atoms with E-state index in [2.05, 4.69) is 26.8 Å². The minimum Gasteiger partial charge on any atom is -0.367 e. The number of epoxide rings is 1. The van der Waals surface area contributed by atoms with Crippen molar-refractivity contribution in [3.05, 3.63) is 41.5 Å². The van der Waals surface area contributed by atoms with Crippen molar-refractivity contribution < 1.29 is 8.95 Å². The van der Waals surface area contributed by atoms with Crippen molar-refractivity contribution in [1.82, 2.24) is 0 Å². The van der Waals surface area contributed by atoms with Crippen LogP contribution in [0.15, 0.2) is 40.8 Å². The number of benzene rings is 1. The highest BCUT2D eigenvalue weighted by molar-refractivity contribution is 7.85. The molecule has 1 aliphatic rings. The van der Waals surface area contributed by atoms with Crippen LogP contribution < -0.4 is 0 Å². The van der Waals surface area contributed by atoms with Gasteiger partial charge in [0.2, 0.25) is 0 Å². The molecule has 0 amide bonds. The van der Waals surface area contributed by atoms with Crippen LogP contribution in [0.2, 0.25) is 0 Å². The van der Waals surface area contributed by atoms with Gasteiger partial charge in [0.1, 0.15) is 0 Å². The van der Waals surface area contributed by atoms with Crippen molar-refractivity contribution >= 4 is 10.8 Å². The zero-order valence-electron chi connectivity index (χ0n) is 12.8. The molecule has 110 valence electrons. The van der Waals surface area contributed by atoms with Crippen LogP contribution in [0, 0.1) is 6.92 Å². The lowest BCUT2D eigenvalue weighted by Gasteiger charge is -2.03. The predicted molar refractivity (Wildman–Crippen MR) is 84.4 cm³/mol. The van der Waals surface area contributed by atoms with Gasteiger partial charge < -0.3 is 4.74 Å². The molecule has 0 N–H and O–H groups in total. The first kappa shape index (κ1) is 15.5. The highest BCUT2D eigenvalue weighted by Gasteiger charge is 2.46. The summed E-state index contributed by atoms with van der Waals surface area (Å²) in [5.74, 6) is 0.601. The third-order valence-corrected chi connectivity index (χ3v) is 5.05. The highest BCUT2D eigenvalue weighted by Crippen LogP contribution is 2.38. The van der Waals surface area contributed by atoms with Crippen LogP contribution in [0.1, 0.15) is 39.2 Å². The molecule has 2 nitrogen and oxygen atoms in total. The van der Waals surface area contributed by atoms with Crippen LogP contribution >= 0.6 is 0 Å². The van der Waals surface area contributed by atoms with Crippen molar-refractivity contribution in [3.8, 4) is 0 Å². The van der Waals surface area contributed by atoms with E-state index in [1.165, 1.54) is 5.57 Å². The van der Waals surface area contributed by atoms with Crippen molar-refractivity contribution in [2.45, 2.75) is 57.1 Å². The summed E-state index contributed by atoms with van der Waals surface area (Å²) in [6.07, 6.45) is 4.59. The fourth-order valence-corrected chi connectivity index (χ4v) is 3.45. The molecule has 0 bridgehead atoms. The molecule has 0 spiro atoms. The summed E-state index contributed by atoms with van der Waals surface area (Å²) in [7, 11) is -0.936. The lowest BCUT2D eigenvalue weighted by molar-refractivity contribution is 0.320. The van der Waals surface area contributed by atoms with E-state index in [9.17, 15) is 4.21 Å². The topological polar surface area (TPSA) is 29.6 Å². The third kappa shape index (κ3) is 4.29. The lowest BCUT2D eigenvalue weighted by atomic mass is 10.0. The molecule has 2 rings (SSSR count). The van der Waals surface area contributed by atoms with Gasteiger partial charge in [-0.3, -0.25) is 4.21 Å². The van der Waals surface area contributed by atoms with E-state index in [1.54, 1.807) is 0 Å². The molecule has 0 aliphatic carbocycles. The van der Waals surface area contributed by atoms with Gasteiger partial charge in [0.25, 0.3) is 0 Å². The van der Waals surface area contributed by atoms with Gasteiger partial charge in [-0.05, 0) is 58.2 Å². The van der Waals surface area contributed by atoms with Gasteiger partial charge in [0.05, 0.1) is 22.5 Å². The van der Waals surface area contributed by atoms with Gasteiger partial charge in [-0.15, -0.1) is 0 Å². The fourth-order valence-electron chi connectivity index (χ4n) is 2.27. The van der Waals surface area contributed by atoms with E-state index in [0.29, 0.717) is 11.9 Å². The molecule has 20 heavy (non-hydrogen) atoms. The minimum absolute atomic E-state index is 0.0741. The second-order valence-electron chi connectivity index (χ2n) is 6.13. The maximum atomic E-state index is 12.2. The Hall–Kier alpha value is -0.930. The summed E-state index contributed by atoms with van der Waals surface area (Å²) in [4.78, 5) is 0.917. The van der Waals surface area contributed by atoms with E-state index < -0.39 is 10.8 Å². The lowest BCUT2D eigenvalue weighted by Crippen LogP contribution is -2.03. The summed E-state index contributed by atoms with van der Waals surface area (Å²) in [5.41, 5.74) is 2.53. The molecule has 1 heterocycles. The number of ether oxygens (including phenoxy) is 1. The Morgan fingerprint density at radius 3 is 2.75 bits per heavy atom. The number of rotatable bonds is 6. The van der Waals surface area contributed by atoms with E-state index in [0.717, 1.165) is 23.3 Å². The molecular formula is C17H24O2S. The summed E-state index contributed by atoms with van der Waals surface area (Å²) in [6, 6.07) is 7.93. The van der Waals surface area contributed by atoms with Gasteiger partial charge in [0, 0.05) is 10.6 Å². The first-order valence-corrected chi connectivity index (χ1v) is 8.49. The van der Waals surface area contributed by atoms with Crippen molar-refractivity contribution in [2.24, 2.45) is 0 Å². The van der Waals surface area contributed by atoms with Gasteiger partial charge in [-0.25, -0.2) is 0 Å². The normalized spacial score (nSPS) is 22.6. The van der Waals surface area contributed by atoms with Gasteiger partial charge in [0.15, 0.2) is 0 Å². The SMILES string of the molecule is C/C(=C\CS(=O)c1cccc(C)c1)CCC1OC1(C)C. The quantitative estimate of drug-likeness (QED) is 0.586. The molecule has 1 aliphatic heterocycles. The minimum atomic E-state index is -0.936. The molecule has 0 radical (unpaired) electrons. The van der Waals surface area contributed by atoms with Crippen LogP contribution in [0.5, 0.6) is 0 Å². The summed E-state index contributed by atoms with van der Waals surface area (Å²) in [6.45, 7) is 8.40. The van der Waals surface area contributed by atoms with Crippen LogP contribution in [-0.2, 0) is 15.5 Å². The first-order valence-electron chi connectivity index (χ1n) is 7.17. The molecule has 2 atom stereocenters. The van der Waals surface area contributed by atoms with Crippen LogP contribution in [0.25, 0.3) is 0 Å². The molecule has 0 saturated carbocycles. The second-order valence-corrected chi connectivity index (χ2v) is 7.62. The van der Waals surface area contributed by atoms with E-state index in [1.807, 2.05) is 31.2 Å². The van der Waals surface area contributed by atoms with Crippen LogP contribution in [-0.4, -0.2) is 21.7 Å². The Bertz CT molecular complexity index is 532. The van der Waals surface area contributed by atoms with Crippen molar-refractivity contribution in [2.75, 3.05) is 5.75 Å². The Labute approximate surface area is 124 Å². The average Bonchev–Trinajstić information content (AvgIpc) is 3.01. The van der Waals surface area contributed by atoms with Crippen LogP contribution in [0.3, 0.4) is 0 Å². The smallest absolute Gasteiger partial charge is 0.0892 e. The standard InChI is InChI=1S/C17H24O2S/c1-13(8-9-16-17(3,4)19-16)10-11-20(18)15-7-5-6-14(2)12-15/h5-7,10,12,16H,8-9,11H2,1-4H3/b13-10+. The number of aryl methyl sites for hydroxylation is 1. The zero-order valence-corrected chi connectivity index (χ0v) is 13.6. The van der Waals surface area contributed by atoms with Crippen molar-refractivity contribution in [3.63, 3.8) is 0 Å². The summed E-state index contributed by atoms with van der Waals surface area (Å²) >= 11 is 0. The largest absolute Gasteiger partial charge is 0.367 e. The zero-order chi connectivity index (χ0) is 14.8. The molecular weight excluding hydrogens is 268 g/mol. The van der Waals surface area contributed by atoms with Gasteiger partial charge in [-0.2, -0.15) is 0 Å². The van der Waals surface area contributed by atoms with Crippen LogP contribution in [0.4, 0.5) is 0 Å². The van der Waals surface area contributed by atoms with Crippen molar-refractivity contribution in [1.29, 1.82) is 0 Å².